The van der Waals surface area contributed by atoms with Crippen LogP contribution in [0.15, 0.2) is 36.4 Å². The van der Waals surface area contributed by atoms with Gasteiger partial charge in [0.15, 0.2) is 0 Å². The molecule has 5 heteroatoms. The number of halogens is 4. The Labute approximate surface area is 106 Å². The van der Waals surface area contributed by atoms with Crippen molar-refractivity contribution in [2.45, 2.75) is 6.10 Å². The molecule has 0 aliphatic heterocycles. The van der Waals surface area contributed by atoms with Crippen LogP contribution in [0.4, 0.5) is 13.2 Å². The number of hydrogen-bond donors (Lipinski definition) is 1. The Balaban J connectivity index is 2.42. The van der Waals surface area contributed by atoms with Crippen LogP contribution < -0.4 is 0 Å². The molecular formula is C13H8ClF3O. The van der Waals surface area contributed by atoms with Gasteiger partial charge in [-0.1, -0.05) is 23.7 Å². The molecule has 94 valence electrons. The van der Waals surface area contributed by atoms with Crippen LogP contribution in [0.3, 0.4) is 0 Å². The van der Waals surface area contributed by atoms with E-state index < -0.39 is 23.6 Å². The van der Waals surface area contributed by atoms with Crippen molar-refractivity contribution in [3.63, 3.8) is 0 Å². The third kappa shape index (κ3) is 2.49. The molecule has 0 aliphatic rings. The van der Waals surface area contributed by atoms with Crippen molar-refractivity contribution in [2.24, 2.45) is 0 Å². The molecule has 0 radical (unpaired) electrons. The van der Waals surface area contributed by atoms with E-state index in [1.165, 1.54) is 12.1 Å². The van der Waals surface area contributed by atoms with E-state index in [-0.39, 0.29) is 16.1 Å². The van der Waals surface area contributed by atoms with E-state index in [1.54, 1.807) is 0 Å². The monoisotopic (exact) mass is 272 g/mol. The van der Waals surface area contributed by atoms with Crippen LogP contribution in [0.25, 0.3) is 0 Å². The molecule has 0 aromatic heterocycles. The van der Waals surface area contributed by atoms with Gasteiger partial charge in [-0.2, -0.15) is 0 Å². The lowest BCUT2D eigenvalue weighted by molar-refractivity contribution is 0.214. The molecule has 0 amide bonds. The molecule has 1 unspecified atom stereocenters. The Hall–Kier alpha value is -1.52. The second-order valence-corrected chi connectivity index (χ2v) is 4.15. The summed E-state index contributed by atoms with van der Waals surface area (Å²) in [7, 11) is 0. The van der Waals surface area contributed by atoms with Crippen LogP contribution in [0.5, 0.6) is 0 Å². The minimum atomic E-state index is -1.38. The Kier molecular flexibility index (Phi) is 3.59. The maximum atomic E-state index is 13.6. The fraction of sp³-hybridized carbons (Fsp3) is 0.0769. The fourth-order valence-electron chi connectivity index (χ4n) is 1.57. The molecule has 0 saturated carbocycles. The van der Waals surface area contributed by atoms with Crippen molar-refractivity contribution < 1.29 is 18.3 Å². The average Bonchev–Trinajstić information content (AvgIpc) is 2.34. The molecule has 0 fully saturated rings. The third-order valence-electron chi connectivity index (χ3n) is 2.52. The molecule has 1 atom stereocenters. The lowest BCUT2D eigenvalue weighted by atomic mass is 10.0. The maximum absolute atomic E-state index is 13.6. The van der Waals surface area contributed by atoms with Crippen molar-refractivity contribution in [2.75, 3.05) is 0 Å². The van der Waals surface area contributed by atoms with E-state index in [0.717, 1.165) is 24.3 Å². The Morgan fingerprint density at radius 1 is 0.944 bits per heavy atom. The molecule has 1 nitrogen and oxygen atoms in total. The molecule has 18 heavy (non-hydrogen) atoms. The van der Waals surface area contributed by atoms with Crippen LogP contribution in [0.2, 0.25) is 5.02 Å². The van der Waals surface area contributed by atoms with Gasteiger partial charge in [0.25, 0.3) is 0 Å². The summed E-state index contributed by atoms with van der Waals surface area (Å²) in [4.78, 5) is 0. The predicted octanol–water partition coefficient (Wildman–Crippen LogP) is 3.84. The van der Waals surface area contributed by atoms with Gasteiger partial charge in [0.2, 0.25) is 0 Å². The quantitative estimate of drug-likeness (QED) is 0.824. The third-order valence-corrected chi connectivity index (χ3v) is 2.81. The van der Waals surface area contributed by atoms with Crippen LogP contribution >= 0.6 is 11.6 Å². The highest BCUT2D eigenvalue weighted by atomic mass is 35.5. The topological polar surface area (TPSA) is 20.2 Å². The lowest BCUT2D eigenvalue weighted by Gasteiger charge is -2.13. The average molecular weight is 273 g/mol. The largest absolute Gasteiger partial charge is 0.384 e. The number of hydrogen-bond acceptors (Lipinski definition) is 1. The van der Waals surface area contributed by atoms with Crippen LogP contribution in [0.1, 0.15) is 17.2 Å². The first-order chi connectivity index (χ1) is 8.49. The summed E-state index contributed by atoms with van der Waals surface area (Å²) in [5.41, 5.74) is 0.0144. The predicted molar refractivity (Wildman–Crippen MR) is 61.8 cm³/mol. The van der Waals surface area contributed by atoms with Crippen molar-refractivity contribution in [1.82, 2.24) is 0 Å². The molecule has 0 saturated heterocycles. The molecule has 2 rings (SSSR count). The summed E-state index contributed by atoms with van der Waals surface area (Å²) in [5, 5.41) is 9.55. The van der Waals surface area contributed by atoms with Gasteiger partial charge >= 0.3 is 0 Å². The van der Waals surface area contributed by atoms with Gasteiger partial charge < -0.3 is 5.11 Å². The van der Waals surface area contributed by atoms with Crippen molar-refractivity contribution in [3.05, 3.63) is 70.0 Å². The van der Waals surface area contributed by atoms with E-state index in [9.17, 15) is 18.3 Å². The second-order valence-electron chi connectivity index (χ2n) is 3.74. The van der Waals surface area contributed by atoms with Crippen molar-refractivity contribution in [3.8, 4) is 0 Å². The Bertz CT molecular complexity index is 569. The molecule has 2 aromatic rings. The van der Waals surface area contributed by atoms with Gasteiger partial charge in [-0.25, -0.2) is 13.2 Å². The van der Waals surface area contributed by atoms with E-state index in [1.807, 2.05) is 0 Å². The number of aliphatic hydroxyl groups is 1. The molecule has 0 aliphatic carbocycles. The summed E-state index contributed by atoms with van der Waals surface area (Å²) in [6, 6.07) is 6.47. The van der Waals surface area contributed by atoms with Gasteiger partial charge in [0.05, 0.1) is 5.02 Å². The summed E-state index contributed by atoms with van der Waals surface area (Å²) < 4.78 is 39.5. The van der Waals surface area contributed by atoms with Crippen LogP contribution in [-0.2, 0) is 0 Å². The summed E-state index contributed by atoms with van der Waals surface area (Å²) in [6.45, 7) is 0. The minimum absolute atomic E-state index is 0.247. The van der Waals surface area contributed by atoms with Gasteiger partial charge in [0, 0.05) is 5.56 Å². The zero-order chi connectivity index (χ0) is 13.3. The van der Waals surface area contributed by atoms with Crippen molar-refractivity contribution >= 4 is 11.6 Å². The first-order valence-electron chi connectivity index (χ1n) is 5.07. The van der Waals surface area contributed by atoms with Crippen LogP contribution in [-0.4, -0.2) is 5.11 Å². The van der Waals surface area contributed by atoms with Crippen molar-refractivity contribution in [1.29, 1.82) is 0 Å². The molecule has 0 spiro atoms. The first kappa shape index (κ1) is 12.9. The first-order valence-corrected chi connectivity index (χ1v) is 5.45. The lowest BCUT2D eigenvalue weighted by Crippen LogP contribution is -2.03. The maximum Gasteiger partial charge on any atom is 0.142 e. The van der Waals surface area contributed by atoms with Crippen LogP contribution in [0, 0.1) is 17.5 Å². The number of benzene rings is 2. The summed E-state index contributed by atoms with van der Waals surface area (Å²) in [5.74, 6) is -2.12. The highest BCUT2D eigenvalue weighted by Crippen LogP contribution is 2.28. The molecule has 2 aromatic carbocycles. The van der Waals surface area contributed by atoms with Gasteiger partial charge in [-0.15, -0.1) is 0 Å². The molecular weight excluding hydrogens is 265 g/mol. The Morgan fingerprint density at radius 2 is 1.56 bits per heavy atom. The second kappa shape index (κ2) is 5.00. The standard InChI is InChI=1S/C13H8ClF3O/c14-10-6-11(16)9(5-12(10)17)13(18)7-1-3-8(15)4-2-7/h1-6,13,18H. The minimum Gasteiger partial charge on any atom is -0.384 e. The Morgan fingerprint density at radius 3 is 2.17 bits per heavy atom. The number of aliphatic hydroxyl groups excluding tert-OH is 1. The molecule has 0 bridgehead atoms. The zero-order valence-electron chi connectivity index (χ0n) is 9.00. The summed E-state index contributed by atoms with van der Waals surface area (Å²) in [6.07, 6.45) is -1.38. The normalized spacial score (nSPS) is 12.5. The number of rotatable bonds is 2. The molecule has 1 N–H and O–H groups in total. The van der Waals surface area contributed by atoms with E-state index >= 15 is 0 Å². The van der Waals surface area contributed by atoms with E-state index in [4.69, 9.17) is 11.6 Å². The highest BCUT2D eigenvalue weighted by Gasteiger charge is 2.17. The SMILES string of the molecule is OC(c1ccc(F)cc1)c1cc(F)c(Cl)cc1F. The van der Waals surface area contributed by atoms with E-state index in [0.29, 0.717) is 0 Å². The van der Waals surface area contributed by atoms with Gasteiger partial charge in [-0.3, -0.25) is 0 Å². The highest BCUT2D eigenvalue weighted by molar-refractivity contribution is 6.30. The fourth-order valence-corrected chi connectivity index (χ4v) is 1.72. The van der Waals surface area contributed by atoms with Gasteiger partial charge in [-0.05, 0) is 29.8 Å². The van der Waals surface area contributed by atoms with Gasteiger partial charge in [0.1, 0.15) is 23.6 Å². The summed E-state index contributed by atoms with van der Waals surface area (Å²) >= 11 is 5.41. The molecule has 0 heterocycles. The zero-order valence-corrected chi connectivity index (χ0v) is 9.76. The van der Waals surface area contributed by atoms with E-state index in [2.05, 4.69) is 0 Å². The smallest absolute Gasteiger partial charge is 0.142 e.